The number of hydrogen-bond donors (Lipinski definition) is 0. The van der Waals surface area contributed by atoms with Crippen LogP contribution in [0.15, 0.2) is 84.9 Å². The predicted molar refractivity (Wildman–Crippen MR) is 211 cm³/mol. The number of aryl methyl sites for hydroxylation is 1. The van der Waals surface area contributed by atoms with Crippen LogP contribution in [0.2, 0.25) is 0 Å². The summed E-state index contributed by atoms with van der Waals surface area (Å²) in [6, 6.07) is 21.4. The molecule has 8 heteroatoms. The summed E-state index contributed by atoms with van der Waals surface area (Å²) >= 11 is 0. The first-order valence-electron chi connectivity index (χ1n) is 19.1. The minimum absolute atomic E-state index is 0.0210. The number of allylic oxidation sites excluding steroid dienone is 1. The van der Waals surface area contributed by atoms with Crippen LogP contribution in [0.3, 0.4) is 0 Å². The summed E-state index contributed by atoms with van der Waals surface area (Å²) in [4.78, 5) is 0. The van der Waals surface area contributed by atoms with E-state index in [1.807, 2.05) is 48.6 Å². The smallest absolute Gasteiger partial charge is 0.313 e. The largest absolute Gasteiger partial charge is 0.418 e. The molecule has 1 unspecified atom stereocenters. The summed E-state index contributed by atoms with van der Waals surface area (Å²) in [6.45, 7) is 15.3. The molecule has 55 heavy (non-hydrogen) atoms. The molecule has 1 atom stereocenters. The van der Waals surface area contributed by atoms with Crippen LogP contribution in [-0.2, 0) is 37.0 Å². The van der Waals surface area contributed by atoms with Gasteiger partial charge < -0.3 is 9.13 Å². The van der Waals surface area contributed by atoms with Gasteiger partial charge in [-0.05, 0) is 125 Å². The van der Waals surface area contributed by atoms with Crippen molar-refractivity contribution in [1.29, 1.82) is 0 Å². The first-order chi connectivity index (χ1) is 25.7. The molecule has 0 bridgehead atoms. The monoisotopic (exact) mass is 752 g/mol. The van der Waals surface area contributed by atoms with Crippen LogP contribution in [-0.4, -0.2) is 9.13 Å². The van der Waals surface area contributed by atoms with E-state index in [9.17, 15) is 13.2 Å². The summed E-state index contributed by atoms with van der Waals surface area (Å²) in [6.07, 6.45) is -1.92. The van der Waals surface area contributed by atoms with E-state index >= 15 is 13.2 Å². The lowest BCUT2D eigenvalue weighted by Gasteiger charge is -2.45. The van der Waals surface area contributed by atoms with Gasteiger partial charge in [0.2, 0.25) is 0 Å². The van der Waals surface area contributed by atoms with Gasteiger partial charge in [-0.2, -0.15) is 26.3 Å². The van der Waals surface area contributed by atoms with Gasteiger partial charge in [0.15, 0.2) is 0 Å². The van der Waals surface area contributed by atoms with Crippen LogP contribution in [0, 0.1) is 10.8 Å². The third kappa shape index (κ3) is 6.11. The first-order valence-corrected chi connectivity index (χ1v) is 19.1. The third-order valence-corrected chi connectivity index (χ3v) is 12.6. The quantitative estimate of drug-likeness (QED) is 0.159. The molecule has 2 aliphatic carbocycles. The fourth-order valence-electron chi connectivity index (χ4n) is 8.84. The lowest BCUT2D eigenvalue weighted by atomic mass is 9.60. The summed E-state index contributed by atoms with van der Waals surface area (Å²) in [7, 11) is 0. The van der Waals surface area contributed by atoms with Crippen molar-refractivity contribution in [3.63, 3.8) is 0 Å². The van der Waals surface area contributed by atoms with E-state index in [0.29, 0.717) is 40.7 Å². The zero-order valence-electron chi connectivity index (χ0n) is 32.4. The minimum Gasteiger partial charge on any atom is -0.313 e. The predicted octanol–water partition coefficient (Wildman–Crippen LogP) is 14.1. The van der Waals surface area contributed by atoms with E-state index < -0.39 is 23.5 Å². The molecule has 0 spiro atoms. The lowest BCUT2D eigenvalue weighted by Crippen LogP contribution is -2.38. The van der Waals surface area contributed by atoms with Gasteiger partial charge in [0, 0.05) is 22.2 Å². The maximum atomic E-state index is 15.1. The van der Waals surface area contributed by atoms with Gasteiger partial charge in [-0.25, -0.2) is 0 Å². The van der Waals surface area contributed by atoms with Gasteiger partial charge in [0.05, 0.1) is 33.5 Å². The molecule has 0 aliphatic heterocycles. The van der Waals surface area contributed by atoms with E-state index in [-0.39, 0.29) is 27.6 Å². The van der Waals surface area contributed by atoms with Crippen molar-refractivity contribution in [2.45, 2.75) is 98.3 Å². The Kier molecular flexibility index (Phi) is 8.38. The highest BCUT2D eigenvalue weighted by molar-refractivity contribution is 5.92. The van der Waals surface area contributed by atoms with Crippen LogP contribution < -0.4 is 0 Å². The van der Waals surface area contributed by atoms with E-state index in [0.717, 1.165) is 64.6 Å². The molecule has 2 heterocycles. The molecule has 8 rings (SSSR count). The van der Waals surface area contributed by atoms with Crippen LogP contribution in [0.1, 0.15) is 101 Å². The molecule has 0 N–H and O–H groups in total. The summed E-state index contributed by atoms with van der Waals surface area (Å²) in [5.41, 5.74) is 4.84. The van der Waals surface area contributed by atoms with Crippen molar-refractivity contribution in [1.82, 2.24) is 9.13 Å². The molecule has 286 valence electrons. The van der Waals surface area contributed by atoms with Gasteiger partial charge in [-0.1, -0.05) is 90.9 Å². The van der Waals surface area contributed by atoms with Crippen LogP contribution in [0.4, 0.5) is 26.3 Å². The number of halogens is 6. The topological polar surface area (TPSA) is 9.86 Å². The number of aromatic nitrogens is 2. The maximum Gasteiger partial charge on any atom is 0.418 e. The molecular weight excluding hydrogens is 707 g/mol. The summed E-state index contributed by atoms with van der Waals surface area (Å²) in [5.74, 6) is 0. The zero-order chi connectivity index (χ0) is 39.5. The van der Waals surface area contributed by atoms with Crippen molar-refractivity contribution in [3.05, 3.63) is 124 Å². The Labute approximate surface area is 318 Å². The molecule has 0 saturated heterocycles. The Bertz CT molecular complexity index is 2530. The molecule has 0 radical (unpaired) electrons. The molecule has 6 aromatic rings. The second kappa shape index (κ2) is 12.4. The summed E-state index contributed by atoms with van der Waals surface area (Å²) in [5, 5.41) is 1.84. The Morgan fingerprint density at radius 2 is 1.22 bits per heavy atom. The Morgan fingerprint density at radius 3 is 1.82 bits per heavy atom. The Morgan fingerprint density at radius 1 is 0.618 bits per heavy atom. The van der Waals surface area contributed by atoms with Crippen molar-refractivity contribution in [3.8, 4) is 22.5 Å². The number of alkyl halides is 6. The fourth-order valence-corrected chi connectivity index (χ4v) is 8.84. The average Bonchev–Trinajstić information content (AvgIpc) is 3.61. The number of benzene rings is 4. The fraction of sp³-hybridized carbons (Fsp3) is 0.362. The number of nitrogens with zero attached hydrogens (tertiary/aromatic N) is 2. The van der Waals surface area contributed by atoms with Gasteiger partial charge >= 0.3 is 12.4 Å². The highest BCUT2D eigenvalue weighted by Crippen LogP contribution is 2.52. The molecule has 2 aromatic heterocycles. The average molecular weight is 753 g/mol. The van der Waals surface area contributed by atoms with Crippen LogP contribution in [0.25, 0.3) is 50.4 Å². The van der Waals surface area contributed by atoms with Crippen LogP contribution in [0.5, 0.6) is 0 Å². The van der Waals surface area contributed by atoms with E-state index in [4.69, 9.17) is 0 Å². The van der Waals surface area contributed by atoms with E-state index in [2.05, 4.69) is 54.5 Å². The SMILES string of the molecule is CC(C)(C)c1ccc2c(c1)c1c(n2-c2cc(-c3ccc(C(F)(F)F)c(-n4c5c(c6ccccc64)CCC=C5)c3)ccc2C(F)(F)F)CCC(C)(C(C)(C)C)C1. The molecule has 0 fully saturated rings. The second-order valence-electron chi connectivity index (χ2n) is 17.8. The van der Waals surface area contributed by atoms with Crippen molar-refractivity contribution in [2.24, 2.45) is 10.8 Å². The molecule has 4 aromatic carbocycles. The number of rotatable bonds is 3. The normalized spacial score (nSPS) is 17.9. The summed E-state index contributed by atoms with van der Waals surface area (Å²) < 4.78 is 93.2. The molecule has 0 amide bonds. The van der Waals surface area contributed by atoms with E-state index in [1.54, 1.807) is 9.13 Å². The first kappa shape index (κ1) is 37.2. The van der Waals surface area contributed by atoms with Crippen molar-refractivity contribution >= 4 is 27.9 Å². The third-order valence-electron chi connectivity index (χ3n) is 12.6. The van der Waals surface area contributed by atoms with Crippen molar-refractivity contribution in [2.75, 3.05) is 0 Å². The highest BCUT2D eigenvalue weighted by Gasteiger charge is 2.43. The number of para-hydroxylation sites is 1. The Hall–Kier alpha value is -4.72. The standard InChI is InChI=1S/C47H46F6N2/c1-43(2,3)30-18-21-39-33(26-30)34-27-45(7,44(4,5)6)23-22-40(34)55(39)42-25-29(17-20-36(42)47(51,52)53)28-16-19-35(46(48,49)50)41(24-28)54-37-14-10-8-12-31(37)32-13-9-11-15-38(32)54/h8,10-12,14-21,24-26H,9,13,22-23,27H2,1-7H3. The van der Waals surface area contributed by atoms with Crippen LogP contribution >= 0.6 is 0 Å². The van der Waals surface area contributed by atoms with Gasteiger partial charge in [0.25, 0.3) is 0 Å². The molecule has 2 nitrogen and oxygen atoms in total. The minimum atomic E-state index is -4.68. The van der Waals surface area contributed by atoms with Gasteiger partial charge in [-0.3, -0.25) is 0 Å². The molecule has 2 aliphatic rings. The van der Waals surface area contributed by atoms with Crippen molar-refractivity contribution < 1.29 is 26.3 Å². The zero-order valence-corrected chi connectivity index (χ0v) is 32.4. The molecule has 0 saturated carbocycles. The van der Waals surface area contributed by atoms with Gasteiger partial charge in [-0.15, -0.1) is 0 Å². The lowest BCUT2D eigenvalue weighted by molar-refractivity contribution is -0.138. The molecular formula is C47H46F6N2. The Balaban J connectivity index is 1.39. The second-order valence-corrected chi connectivity index (χ2v) is 17.8. The van der Waals surface area contributed by atoms with E-state index in [1.165, 1.54) is 24.3 Å². The maximum absolute atomic E-state index is 15.1. The number of fused-ring (bicyclic) bond motifs is 6. The number of hydrogen-bond acceptors (Lipinski definition) is 0. The highest BCUT2D eigenvalue weighted by atomic mass is 19.4. The van der Waals surface area contributed by atoms with Gasteiger partial charge in [0.1, 0.15) is 0 Å².